The van der Waals surface area contributed by atoms with Crippen LogP contribution in [0.2, 0.25) is 0 Å². The molecule has 1 saturated heterocycles. The van der Waals surface area contributed by atoms with Gasteiger partial charge in [0, 0.05) is 31.8 Å². The summed E-state index contributed by atoms with van der Waals surface area (Å²) in [5, 5.41) is 3.39. The molecule has 0 aliphatic carbocycles. The zero-order valence-electron chi connectivity index (χ0n) is 16.4. The van der Waals surface area contributed by atoms with Crippen LogP contribution in [0.25, 0.3) is 0 Å². The SMILES string of the molecule is COCCN(C(=O)CC(C)C1CCNCC1)c1ccc(OC)c(OC)c1. The summed E-state index contributed by atoms with van der Waals surface area (Å²) in [5.74, 6) is 2.37. The van der Waals surface area contributed by atoms with Gasteiger partial charge < -0.3 is 24.4 Å². The van der Waals surface area contributed by atoms with Crippen molar-refractivity contribution in [1.82, 2.24) is 5.32 Å². The van der Waals surface area contributed by atoms with Crippen molar-refractivity contribution in [3.05, 3.63) is 18.2 Å². The molecule has 1 aliphatic rings. The number of rotatable bonds is 9. The monoisotopic (exact) mass is 364 g/mol. The van der Waals surface area contributed by atoms with Gasteiger partial charge in [-0.3, -0.25) is 4.79 Å². The molecule has 1 N–H and O–H groups in total. The number of methoxy groups -OCH3 is 3. The summed E-state index contributed by atoms with van der Waals surface area (Å²) in [6, 6.07) is 5.57. The lowest BCUT2D eigenvalue weighted by atomic mass is 9.84. The van der Waals surface area contributed by atoms with Crippen LogP contribution in [0.5, 0.6) is 11.5 Å². The molecule has 0 bridgehead atoms. The molecular weight excluding hydrogens is 332 g/mol. The Labute approximate surface area is 156 Å². The summed E-state index contributed by atoms with van der Waals surface area (Å²) in [4.78, 5) is 14.8. The number of benzene rings is 1. The van der Waals surface area contributed by atoms with Gasteiger partial charge in [0.25, 0.3) is 0 Å². The smallest absolute Gasteiger partial charge is 0.227 e. The van der Waals surface area contributed by atoms with Crippen LogP contribution >= 0.6 is 0 Å². The van der Waals surface area contributed by atoms with E-state index in [0.29, 0.717) is 42.9 Å². The minimum absolute atomic E-state index is 0.125. The highest BCUT2D eigenvalue weighted by Gasteiger charge is 2.25. The third-order valence-electron chi connectivity index (χ3n) is 5.18. The van der Waals surface area contributed by atoms with E-state index in [1.165, 1.54) is 0 Å². The standard InChI is InChI=1S/C20H32N2O4/c1-15(16-7-9-21-10-8-16)13-20(23)22(11-12-24-2)17-5-6-18(25-3)19(14-17)26-4/h5-6,14-16,21H,7-13H2,1-4H3. The van der Waals surface area contributed by atoms with Crippen molar-refractivity contribution in [2.45, 2.75) is 26.2 Å². The molecule has 146 valence electrons. The molecule has 6 nitrogen and oxygen atoms in total. The fraction of sp³-hybridized carbons (Fsp3) is 0.650. The zero-order valence-corrected chi connectivity index (χ0v) is 16.4. The highest BCUT2D eigenvalue weighted by Crippen LogP contribution is 2.32. The van der Waals surface area contributed by atoms with E-state index in [2.05, 4.69) is 12.2 Å². The number of carbonyl (C=O) groups is 1. The van der Waals surface area contributed by atoms with Crippen LogP contribution in [0.3, 0.4) is 0 Å². The summed E-state index contributed by atoms with van der Waals surface area (Å²) in [7, 11) is 4.85. The second-order valence-corrected chi connectivity index (χ2v) is 6.85. The van der Waals surface area contributed by atoms with Gasteiger partial charge in [0.1, 0.15) is 0 Å². The Kier molecular flexibility index (Phi) is 8.19. The molecule has 1 unspecified atom stereocenters. The first kappa shape index (κ1) is 20.5. The van der Waals surface area contributed by atoms with E-state index >= 15 is 0 Å². The van der Waals surface area contributed by atoms with Crippen LogP contribution in [0, 0.1) is 11.8 Å². The Morgan fingerprint density at radius 3 is 2.50 bits per heavy atom. The van der Waals surface area contributed by atoms with Crippen LogP contribution in [0.1, 0.15) is 26.2 Å². The van der Waals surface area contributed by atoms with Gasteiger partial charge in [0.2, 0.25) is 5.91 Å². The van der Waals surface area contributed by atoms with Crippen LogP contribution in [-0.4, -0.2) is 53.5 Å². The molecule has 0 aromatic heterocycles. The van der Waals surface area contributed by atoms with Gasteiger partial charge >= 0.3 is 0 Å². The number of ether oxygens (including phenoxy) is 3. The molecule has 1 aromatic carbocycles. The maximum Gasteiger partial charge on any atom is 0.227 e. The first-order valence-electron chi connectivity index (χ1n) is 9.32. The van der Waals surface area contributed by atoms with E-state index in [1.54, 1.807) is 26.2 Å². The highest BCUT2D eigenvalue weighted by molar-refractivity contribution is 5.93. The quantitative estimate of drug-likeness (QED) is 0.730. The maximum absolute atomic E-state index is 13.0. The van der Waals surface area contributed by atoms with Crippen molar-refractivity contribution in [1.29, 1.82) is 0 Å². The van der Waals surface area contributed by atoms with Gasteiger partial charge in [-0.1, -0.05) is 6.92 Å². The van der Waals surface area contributed by atoms with Gasteiger partial charge in [-0.05, 0) is 49.9 Å². The number of amides is 1. The lowest BCUT2D eigenvalue weighted by molar-refractivity contribution is -0.120. The van der Waals surface area contributed by atoms with Gasteiger partial charge in [-0.25, -0.2) is 0 Å². The molecule has 0 saturated carbocycles. The molecular formula is C20H32N2O4. The first-order valence-corrected chi connectivity index (χ1v) is 9.32. The number of piperidine rings is 1. The molecule has 6 heteroatoms. The Hall–Kier alpha value is -1.79. The van der Waals surface area contributed by atoms with Crippen LogP contribution in [0.4, 0.5) is 5.69 Å². The number of carbonyl (C=O) groups excluding carboxylic acids is 1. The largest absolute Gasteiger partial charge is 0.493 e. The number of nitrogens with one attached hydrogen (secondary N) is 1. The minimum atomic E-state index is 0.125. The summed E-state index contributed by atoms with van der Waals surface area (Å²) in [5.41, 5.74) is 0.808. The third-order valence-corrected chi connectivity index (χ3v) is 5.18. The highest BCUT2D eigenvalue weighted by atomic mass is 16.5. The normalized spacial score (nSPS) is 16.2. The maximum atomic E-state index is 13.0. The molecule has 1 heterocycles. The van der Waals surface area contributed by atoms with Gasteiger partial charge in [-0.15, -0.1) is 0 Å². The minimum Gasteiger partial charge on any atom is -0.493 e. The van der Waals surface area contributed by atoms with Gasteiger partial charge in [0.15, 0.2) is 11.5 Å². The molecule has 0 spiro atoms. The number of hydrogen-bond acceptors (Lipinski definition) is 5. The fourth-order valence-corrected chi connectivity index (χ4v) is 3.54. The van der Waals surface area contributed by atoms with Crippen LogP contribution in [-0.2, 0) is 9.53 Å². The fourth-order valence-electron chi connectivity index (χ4n) is 3.54. The van der Waals surface area contributed by atoms with Crippen molar-refractivity contribution in [2.24, 2.45) is 11.8 Å². The summed E-state index contributed by atoms with van der Waals surface area (Å²) >= 11 is 0. The lowest BCUT2D eigenvalue weighted by Gasteiger charge is -2.30. The molecule has 26 heavy (non-hydrogen) atoms. The van der Waals surface area contributed by atoms with E-state index in [1.807, 2.05) is 18.2 Å². The van der Waals surface area contributed by atoms with Crippen molar-refractivity contribution >= 4 is 11.6 Å². The topological polar surface area (TPSA) is 60.0 Å². The number of nitrogens with zero attached hydrogens (tertiary/aromatic N) is 1. The van der Waals surface area contributed by atoms with E-state index in [-0.39, 0.29) is 5.91 Å². The van der Waals surface area contributed by atoms with Crippen LogP contribution < -0.4 is 19.7 Å². The first-order chi connectivity index (χ1) is 12.6. The predicted molar refractivity (Wildman–Crippen MR) is 103 cm³/mol. The average Bonchev–Trinajstić information content (AvgIpc) is 2.68. The summed E-state index contributed by atoms with van der Waals surface area (Å²) < 4.78 is 15.9. The summed E-state index contributed by atoms with van der Waals surface area (Å²) in [6.07, 6.45) is 2.83. The Morgan fingerprint density at radius 2 is 1.88 bits per heavy atom. The molecule has 1 atom stereocenters. The Bertz CT molecular complexity index is 573. The van der Waals surface area contributed by atoms with Gasteiger partial charge in [0.05, 0.1) is 20.8 Å². The van der Waals surface area contributed by atoms with Crippen molar-refractivity contribution in [3.63, 3.8) is 0 Å². The van der Waals surface area contributed by atoms with Crippen molar-refractivity contribution in [2.75, 3.05) is 52.5 Å². The Balaban J connectivity index is 2.13. The zero-order chi connectivity index (χ0) is 18.9. The second kappa shape index (κ2) is 10.4. The molecule has 1 amide bonds. The second-order valence-electron chi connectivity index (χ2n) is 6.85. The molecule has 1 aromatic rings. The van der Waals surface area contributed by atoms with Crippen molar-refractivity contribution in [3.8, 4) is 11.5 Å². The van der Waals surface area contributed by atoms with E-state index in [0.717, 1.165) is 31.6 Å². The van der Waals surface area contributed by atoms with Crippen molar-refractivity contribution < 1.29 is 19.0 Å². The van der Waals surface area contributed by atoms with E-state index in [9.17, 15) is 4.79 Å². The Morgan fingerprint density at radius 1 is 1.19 bits per heavy atom. The molecule has 2 rings (SSSR count). The average molecular weight is 364 g/mol. The molecule has 1 aliphatic heterocycles. The van der Waals surface area contributed by atoms with Crippen LogP contribution in [0.15, 0.2) is 18.2 Å². The number of hydrogen-bond donors (Lipinski definition) is 1. The summed E-state index contributed by atoms with van der Waals surface area (Å²) in [6.45, 7) is 5.29. The molecule has 0 radical (unpaired) electrons. The van der Waals surface area contributed by atoms with Gasteiger partial charge in [-0.2, -0.15) is 0 Å². The number of anilines is 1. The predicted octanol–water partition coefficient (Wildman–Crippen LogP) is 2.71. The molecule has 1 fully saturated rings. The van der Waals surface area contributed by atoms with E-state index < -0.39 is 0 Å². The van der Waals surface area contributed by atoms with E-state index in [4.69, 9.17) is 14.2 Å². The third kappa shape index (κ3) is 5.35. The lowest BCUT2D eigenvalue weighted by Crippen LogP contribution is -2.37.